The van der Waals surface area contributed by atoms with Crippen molar-refractivity contribution in [3.05, 3.63) is 49.2 Å². The first-order valence-electron chi connectivity index (χ1n) is 6.51. The number of nitrogens with zero attached hydrogens (tertiary/aromatic N) is 2. The highest BCUT2D eigenvalue weighted by Crippen LogP contribution is 2.28. The van der Waals surface area contributed by atoms with E-state index >= 15 is 0 Å². The lowest BCUT2D eigenvalue weighted by Crippen LogP contribution is -2.16. The molecule has 1 aromatic heterocycles. The number of benzene rings is 1. The van der Waals surface area contributed by atoms with Gasteiger partial charge in [0.2, 0.25) is 0 Å². The van der Waals surface area contributed by atoms with Gasteiger partial charge in [0.15, 0.2) is 0 Å². The van der Waals surface area contributed by atoms with E-state index < -0.39 is 0 Å². The largest absolute Gasteiger partial charge is 0.324 e. The van der Waals surface area contributed by atoms with E-state index in [9.17, 15) is 0 Å². The summed E-state index contributed by atoms with van der Waals surface area (Å²) < 4.78 is 4.12. The summed E-state index contributed by atoms with van der Waals surface area (Å²) in [6.07, 6.45) is 0.762. The minimum absolute atomic E-state index is 0.0356. The van der Waals surface area contributed by atoms with Crippen LogP contribution in [0.25, 0.3) is 0 Å². The Labute approximate surface area is 136 Å². The van der Waals surface area contributed by atoms with E-state index in [1.807, 2.05) is 18.7 Å². The lowest BCUT2D eigenvalue weighted by molar-refractivity contribution is 0.637. The van der Waals surface area contributed by atoms with Crippen molar-refractivity contribution in [1.29, 1.82) is 0 Å². The van der Waals surface area contributed by atoms with Gasteiger partial charge < -0.3 is 5.73 Å². The van der Waals surface area contributed by atoms with Gasteiger partial charge in [0.1, 0.15) is 0 Å². The molecule has 3 nitrogen and oxygen atoms in total. The predicted octanol–water partition coefficient (Wildman–Crippen LogP) is 4.11. The fraction of sp³-hybridized carbons (Fsp3) is 0.400. The quantitative estimate of drug-likeness (QED) is 0.842. The zero-order valence-corrected chi connectivity index (χ0v) is 15.3. The molecule has 0 fully saturated rings. The number of hydrogen-bond donors (Lipinski definition) is 1. The molecule has 0 saturated carbocycles. The van der Waals surface area contributed by atoms with E-state index in [0.717, 1.165) is 32.3 Å². The number of aromatic nitrogens is 2. The summed E-state index contributed by atoms with van der Waals surface area (Å²) in [6, 6.07) is 4.27. The van der Waals surface area contributed by atoms with Crippen molar-refractivity contribution in [2.45, 2.75) is 33.2 Å². The summed E-state index contributed by atoms with van der Waals surface area (Å²) in [5, 5.41) is 4.41. The zero-order valence-electron chi connectivity index (χ0n) is 12.2. The molecule has 1 heterocycles. The molecule has 108 valence electrons. The maximum atomic E-state index is 6.38. The Morgan fingerprint density at radius 1 is 1.15 bits per heavy atom. The Hall–Kier alpha value is -0.650. The van der Waals surface area contributed by atoms with Gasteiger partial charge in [-0.2, -0.15) is 5.10 Å². The monoisotopic (exact) mass is 399 g/mol. The molecule has 2 N–H and O–H groups in total. The molecule has 20 heavy (non-hydrogen) atoms. The molecule has 2 aromatic rings. The molecular weight excluding hydrogens is 382 g/mol. The van der Waals surface area contributed by atoms with Gasteiger partial charge in [-0.3, -0.25) is 4.68 Å². The molecule has 0 bridgehead atoms. The summed E-state index contributed by atoms with van der Waals surface area (Å²) >= 11 is 7.19. The van der Waals surface area contributed by atoms with Crippen LogP contribution in [0.5, 0.6) is 0 Å². The second-order valence-corrected chi connectivity index (χ2v) is 6.83. The highest BCUT2D eigenvalue weighted by atomic mass is 79.9. The minimum Gasteiger partial charge on any atom is -0.324 e. The average molecular weight is 401 g/mol. The fourth-order valence-corrected chi connectivity index (χ4v) is 3.15. The fourth-order valence-electron chi connectivity index (χ4n) is 2.42. The van der Waals surface area contributed by atoms with E-state index in [2.05, 4.69) is 62.9 Å². The van der Waals surface area contributed by atoms with Crippen molar-refractivity contribution in [2.24, 2.45) is 12.8 Å². The van der Waals surface area contributed by atoms with Gasteiger partial charge in [0.05, 0.1) is 15.9 Å². The molecular formula is C15H19Br2N3. The summed E-state index contributed by atoms with van der Waals surface area (Å²) in [4.78, 5) is 0. The highest BCUT2D eigenvalue weighted by molar-refractivity contribution is 9.10. The Balaban J connectivity index is 2.31. The molecule has 0 spiro atoms. The average Bonchev–Trinajstić information content (AvgIpc) is 2.62. The first-order valence-corrected chi connectivity index (χ1v) is 8.10. The van der Waals surface area contributed by atoms with E-state index in [1.165, 1.54) is 11.1 Å². The van der Waals surface area contributed by atoms with Crippen molar-refractivity contribution < 1.29 is 0 Å². The standard InChI is InChI=1S/C15H19Br2N3/c1-8-5-11(6-9(2)14(8)16)12(18)7-13-15(17)10(3)19-20(13)4/h5-6,12H,7,18H2,1-4H3. The third-order valence-electron chi connectivity index (χ3n) is 3.56. The van der Waals surface area contributed by atoms with Gasteiger partial charge >= 0.3 is 0 Å². The van der Waals surface area contributed by atoms with Crippen molar-refractivity contribution in [1.82, 2.24) is 9.78 Å². The van der Waals surface area contributed by atoms with Crippen LogP contribution in [-0.2, 0) is 13.5 Å². The molecule has 0 aliphatic rings. The first-order chi connectivity index (χ1) is 9.31. The Morgan fingerprint density at radius 2 is 1.70 bits per heavy atom. The van der Waals surface area contributed by atoms with Crippen LogP contribution in [0.4, 0.5) is 0 Å². The van der Waals surface area contributed by atoms with Gasteiger partial charge in [0, 0.05) is 24.0 Å². The van der Waals surface area contributed by atoms with Crippen molar-refractivity contribution in [3.63, 3.8) is 0 Å². The van der Waals surface area contributed by atoms with E-state index in [4.69, 9.17) is 5.73 Å². The topological polar surface area (TPSA) is 43.8 Å². The Morgan fingerprint density at radius 3 is 2.15 bits per heavy atom. The molecule has 0 amide bonds. The van der Waals surface area contributed by atoms with E-state index in [0.29, 0.717) is 0 Å². The number of nitrogens with two attached hydrogens (primary N) is 1. The van der Waals surface area contributed by atoms with Crippen LogP contribution in [0.3, 0.4) is 0 Å². The van der Waals surface area contributed by atoms with Gasteiger partial charge in [0.25, 0.3) is 0 Å². The molecule has 1 unspecified atom stereocenters. The van der Waals surface area contributed by atoms with Crippen LogP contribution in [-0.4, -0.2) is 9.78 Å². The van der Waals surface area contributed by atoms with Crippen LogP contribution >= 0.6 is 31.9 Å². The number of hydrogen-bond acceptors (Lipinski definition) is 2. The molecule has 1 atom stereocenters. The maximum Gasteiger partial charge on any atom is 0.0738 e. The van der Waals surface area contributed by atoms with Crippen LogP contribution in [0.2, 0.25) is 0 Å². The van der Waals surface area contributed by atoms with Gasteiger partial charge in [-0.15, -0.1) is 0 Å². The Bertz CT molecular complexity index is 624. The third kappa shape index (κ3) is 3.00. The Kier molecular flexibility index (Phi) is 4.72. The number of rotatable bonds is 3. The molecule has 0 aliphatic carbocycles. The molecule has 2 rings (SSSR count). The summed E-state index contributed by atoms with van der Waals surface area (Å²) in [5.74, 6) is 0. The molecule has 0 aliphatic heterocycles. The summed E-state index contributed by atoms with van der Waals surface area (Å²) in [7, 11) is 1.96. The minimum atomic E-state index is -0.0356. The smallest absolute Gasteiger partial charge is 0.0738 e. The van der Waals surface area contributed by atoms with Gasteiger partial charge in [-0.1, -0.05) is 28.1 Å². The van der Waals surface area contributed by atoms with Gasteiger partial charge in [-0.25, -0.2) is 0 Å². The predicted molar refractivity (Wildman–Crippen MR) is 89.9 cm³/mol. The highest BCUT2D eigenvalue weighted by Gasteiger charge is 2.16. The van der Waals surface area contributed by atoms with Crippen molar-refractivity contribution in [3.8, 4) is 0 Å². The lowest BCUT2D eigenvalue weighted by atomic mass is 9.98. The molecule has 0 radical (unpaired) electrons. The van der Waals surface area contributed by atoms with Crippen LogP contribution < -0.4 is 5.73 Å². The van der Waals surface area contributed by atoms with Crippen LogP contribution in [0.15, 0.2) is 21.1 Å². The summed E-state index contributed by atoms with van der Waals surface area (Å²) in [6.45, 7) is 6.18. The van der Waals surface area contributed by atoms with E-state index in [-0.39, 0.29) is 6.04 Å². The maximum absolute atomic E-state index is 6.38. The number of aryl methyl sites for hydroxylation is 4. The van der Waals surface area contributed by atoms with E-state index in [1.54, 1.807) is 0 Å². The zero-order chi connectivity index (χ0) is 15.0. The van der Waals surface area contributed by atoms with Crippen LogP contribution in [0.1, 0.15) is 34.1 Å². The summed E-state index contributed by atoms with van der Waals surface area (Å²) in [5.41, 5.74) is 12.1. The van der Waals surface area contributed by atoms with Crippen LogP contribution in [0, 0.1) is 20.8 Å². The third-order valence-corrected chi connectivity index (χ3v) is 5.84. The molecule has 5 heteroatoms. The second-order valence-electron chi connectivity index (χ2n) is 5.25. The molecule has 1 aromatic carbocycles. The normalized spacial score (nSPS) is 12.8. The lowest BCUT2D eigenvalue weighted by Gasteiger charge is -2.15. The van der Waals surface area contributed by atoms with Crippen molar-refractivity contribution in [2.75, 3.05) is 0 Å². The second kappa shape index (κ2) is 6.00. The molecule has 0 saturated heterocycles. The SMILES string of the molecule is Cc1cc(C(N)Cc2c(Br)c(C)nn2C)cc(C)c1Br. The first kappa shape index (κ1) is 15.7. The van der Waals surface area contributed by atoms with Gasteiger partial charge in [-0.05, 0) is 53.4 Å². The van der Waals surface area contributed by atoms with Crippen molar-refractivity contribution >= 4 is 31.9 Å². The number of halogens is 2.